The maximum atomic E-state index is 11.6. The first-order valence-corrected chi connectivity index (χ1v) is 7.95. The number of aliphatic hydroxyl groups excluding tert-OH is 1. The number of carbonyl (C=O) groups is 2. The number of nitrogens with one attached hydrogen (secondary N) is 1. The Bertz CT molecular complexity index is 356. The summed E-state index contributed by atoms with van der Waals surface area (Å²) in [4.78, 5) is 24.3. The summed E-state index contributed by atoms with van der Waals surface area (Å²) in [6, 6.07) is -0.694. The molecule has 0 aromatic carbocycles. The Kier molecular flexibility index (Phi) is 11.4. The van der Waals surface area contributed by atoms with Crippen LogP contribution in [0.3, 0.4) is 0 Å². The first kappa shape index (κ1) is 20.6. The highest BCUT2D eigenvalue weighted by atomic mass is 16.4. The first-order chi connectivity index (χ1) is 10.4. The van der Waals surface area contributed by atoms with Crippen molar-refractivity contribution in [2.45, 2.75) is 58.6 Å². The number of aliphatic carboxylic acids is 1. The minimum absolute atomic E-state index is 0.0762. The molecule has 0 bridgehead atoms. The van der Waals surface area contributed by atoms with Crippen LogP contribution in [0.2, 0.25) is 0 Å². The van der Waals surface area contributed by atoms with Crippen molar-refractivity contribution in [2.24, 2.45) is 0 Å². The number of aliphatic hydroxyl groups is 1. The molecule has 0 spiro atoms. The third kappa shape index (κ3) is 10.3. The lowest BCUT2D eigenvalue weighted by Gasteiger charge is -2.27. The van der Waals surface area contributed by atoms with Crippen molar-refractivity contribution in [2.75, 3.05) is 19.6 Å². The van der Waals surface area contributed by atoms with Crippen molar-refractivity contribution in [1.82, 2.24) is 10.2 Å². The molecule has 6 nitrogen and oxygen atoms in total. The van der Waals surface area contributed by atoms with E-state index >= 15 is 0 Å². The van der Waals surface area contributed by atoms with Crippen molar-refractivity contribution >= 4 is 11.9 Å². The number of carboxylic acid groups (broad SMARTS) is 1. The van der Waals surface area contributed by atoms with Crippen molar-refractivity contribution in [3.8, 4) is 0 Å². The average Bonchev–Trinajstić information content (AvgIpc) is 2.44. The minimum Gasteiger partial charge on any atom is -0.480 e. The summed E-state index contributed by atoms with van der Waals surface area (Å²) in [6.45, 7) is 6.33. The van der Waals surface area contributed by atoms with Crippen LogP contribution in [0.25, 0.3) is 0 Å². The fourth-order valence-electron chi connectivity index (χ4n) is 1.98. The monoisotopic (exact) mass is 314 g/mol. The van der Waals surface area contributed by atoms with Crippen molar-refractivity contribution in [3.63, 3.8) is 0 Å². The van der Waals surface area contributed by atoms with Crippen LogP contribution in [0.5, 0.6) is 0 Å². The summed E-state index contributed by atoms with van der Waals surface area (Å²) in [6.07, 6.45) is 6.85. The fraction of sp³-hybridized carbons (Fsp3) is 0.750. The van der Waals surface area contributed by atoms with Crippen molar-refractivity contribution < 1.29 is 19.8 Å². The lowest BCUT2D eigenvalue weighted by Crippen LogP contribution is -2.46. The van der Waals surface area contributed by atoms with E-state index in [4.69, 9.17) is 5.11 Å². The Morgan fingerprint density at radius 3 is 2.50 bits per heavy atom. The molecule has 3 N–H and O–H groups in total. The third-order valence-electron chi connectivity index (χ3n) is 3.32. The molecular weight excluding hydrogens is 284 g/mol. The predicted molar refractivity (Wildman–Crippen MR) is 86.6 cm³/mol. The van der Waals surface area contributed by atoms with E-state index in [9.17, 15) is 14.7 Å². The molecule has 0 saturated carbocycles. The van der Waals surface area contributed by atoms with E-state index in [2.05, 4.69) is 12.2 Å². The van der Waals surface area contributed by atoms with Gasteiger partial charge in [0.2, 0.25) is 5.91 Å². The normalized spacial score (nSPS) is 14.2. The molecule has 6 heteroatoms. The molecule has 0 rings (SSSR count). The zero-order valence-electron chi connectivity index (χ0n) is 13.9. The van der Waals surface area contributed by atoms with Gasteiger partial charge < -0.3 is 15.5 Å². The van der Waals surface area contributed by atoms with E-state index in [1.165, 1.54) is 0 Å². The lowest BCUT2D eigenvalue weighted by molar-refractivity contribution is -0.143. The Morgan fingerprint density at radius 2 is 1.95 bits per heavy atom. The van der Waals surface area contributed by atoms with Crippen LogP contribution < -0.4 is 5.32 Å². The van der Waals surface area contributed by atoms with Gasteiger partial charge in [0.25, 0.3) is 0 Å². The van der Waals surface area contributed by atoms with Crippen LogP contribution in [-0.2, 0) is 9.59 Å². The van der Waals surface area contributed by atoms with Crippen molar-refractivity contribution in [3.05, 3.63) is 12.2 Å². The number of allylic oxidation sites excluding steroid dienone is 1. The highest BCUT2D eigenvalue weighted by molar-refractivity contribution is 5.77. The summed E-state index contributed by atoms with van der Waals surface area (Å²) in [5.41, 5.74) is 0. The number of nitrogens with zero attached hydrogens (tertiary/aromatic N) is 1. The van der Waals surface area contributed by atoms with Gasteiger partial charge in [0.05, 0.1) is 6.10 Å². The molecule has 0 saturated heterocycles. The highest BCUT2D eigenvalue weighted by Crippen LogP contribution is 2.01. The third-order valence-corrected chi connectivity index (χ3v) is 3.32. The number of hydrogen-bond acceptors (Lipinski definition) is 4. The van der Waals surface area contributed by atoms with Gasteiger partial charge >= 0.3 is 5.97 Å². The molecular formula is C16H30N2O4. The molecule has 128 valence electrons. The van der Waals surface area contributed by atoms with E-state index in [1.54, 1.807) is 18.7 Å². The highest BCUT2D eigenvalue weighted by Gasteiger charge is 2.21. The van der Waals surface area contributed by atoms with Crippen LogP contribution >= 0.6 is 0 Å². The number of rotatable bonds is 12. The molecule has 2 unspecified atom stereocenters. The number of unbranched alkanes of at least 4 members (excludes halogenated alkanes) is 2. The van der Waals surface area contributed by atoms with Crippen LogP contribution in [0, 0.1) is 0 Å². The summed E-state index contributed by atoms with van der Waals surface area (Å²) in [7, 11) is 0. The smallest absolute Gasteiger partial charge is 0.320 e. The zero-order chi connectivity index (χ0) is 17.0. The molecule has 0 heterocycles. The molecule has 0 aromatic heterocycles. The molecule has 0 aliphatic carbocycles. The van der Waals surface area contributed by atoms with Gasteiger partial charge in [-0.15, -0.1) is 0 Å². The second-order valence-corrected chi connectivity index (χ2v) is 5.53. The minimum atomic E-state index is -0.939. The summed E-state index contributed by atoms with van der Waals surface area (Å²) < 4.78 is 0. The Morgan fingerprint density at radius 1 is 1.27 bits per heavy atom. The largest absolute Gasteiger partial charge is 0.480 e. The second kappa shape index (κ2) is 12.2. The lowest BCUT2D eigenvalue weighted by atomic mass is 10.2. The Balaban J connectivity index is 4.08. The summed E-state index contributed by atoms with van der Waals surface area (Å²) in [5.74, 6) is -1.02. The van der Waals surface area contributed by atoms with Gasteiger partial charge in [0, 0.05) is 26.1 Å². The summed E-state index contributed by atoms with van der Waals surface area (Å²) in [5, 5.41) is 21.2. The van der Waals surface area contributed by atoms with Gasteiger partial charge in [-0.3, -0.25) is 14.5 Å². The van der Waals surface area contributed by atoms with Gasteiger partial charge in [-0.2, -0.15) is 0 Å². The van der Waals surface area contributed by atoms with Crippen LogP contribution in [-0.4, -0.2) is 58.8 Å². The molecule has 2 atom stereocenters. The second-order valence-electron chi connectivity index (χ2n) is 5.53. The van der Waals surface area contributed by atoms with Crippen molar-refractivity contribution in [1.29, 1.82) is 0 Å². The van der Waals surface area contributed by atoms with E-state index in [0.29, 0.717) is 19.5 Å². The number of amides is 1. The Labute approximate surface area is 133 Å². The number of carbonyl (C=O) groups excluding carboxylic acids is 1. The van der Waals surface area contributed by atoms with Gasteiger partial charge in [-0.25, -0.2) is 0 Å². The average molecular weight is 314 g/mol. The number of hydrogen-bond donors (Lipinski definition) is 3. The molecule has 0 aliphatic rings. The van der Waals surface area contributed by atoms with Gasteiger partial charge in [-0.1, -0.05) is 31.9 Å². The van der Waals surface area contributed by atoms with Gasteiger partial charge in [0.15, 0.2) is 0 Å². The molecule has 0 aromatic rings. The quantitative estimate of drug-likeness (QED) is 0.374. The van der Waals surface area contributed by atoms with Crippen LogP contribution in [0.15, 0.2) is 12.2 Å². The number of carboxylic acids is 1. The zero-order valence-corrected chi connectivity index (χ0v) is 13.9. The Hall–Kier alpha value is -1.40. The molecule has 0 fully saturated rings. The first-order valence-electron chi connectivity index (χ1n) is 7.95. The molecule has 0 aliphatic heterocycles. The van der Waals surface area contributed by atoms with Crippen LogP contribution in [0.1, 0.15) is 46.5 Å². The van der Waals surface area contributed by atoms with E-state index in [-0.39, 0.29) is 12.5 Å². The molecule has 0 radical (unpaired) electrons. The topological polar surface area (TPSA) is 89.9 Å². The predicted octanol–water partition coefficient (Wildman–Crippen LogP) is 1.39. The molecule has 22 heavy (non-hydrogen) atoms. The van der Waals surface area contributed by atoms with Gasteiger partial charge in [0.1, 0.15) is 6.04 Å². The standard InChI is InChI=1S/C16H30N2O4/c1-4-5-6-7-8-9-15(20)17-10-11-18(12-13(2)19)14(3)16(21)22/h7-8,13-14,19H,4-6,9-12H2,1-3H3,(H,17,20)(H,21,22)/b8-7+. The fourth-order valence-corrected chi connectivity index (χ4v) is 1.98. The SMILES string of the molecule is CCCC/C=C/CC(=O)NCCN(CC(C)O)C(C)C(=O)O. The maximum absolute atomic E-state index is 11.6. The van der Waals surface area contributed by atoms with Gasteiger partial charge in [-0.05, 0) is 20.3 Å². The van der Waals surface area contributed by atoms with E-state index < -0.39 is 18.1 Å². The van der Waals surface area contributed by atoms with Crippen LogP contribution in [0.4, 0.5) is 0 Å². The van der Waals surface area contributed by atoms with E-state index in [0.717, 1.165) is 19.3 Å². The maximum Gasteiger partial charge on any atom is 0.320 e. The summed E-state index contributed by atoms with van der Waals surface area (Å²) >= 11 is 0. The van der Waals surface area contributed by atoms with E-state index in [1.807, 2.05) is 12.2 Å². The molecule has 1 amide bonds.